The Hall–Kier alpha value is -5.82. The van der Waals surface area contributed by atoms with Crippen LogP contribution in [0.25, 0.3) is 0 Å². The predicted octanol–water partition coefficient (Wildman–Crippen LogP) is -3.03. The predicted molar refractivity (Wildman–Crippen MR) is 159 cm³/mol. The van der Waals surface area contributed by atoms with Crippen LogP contribution in [0.1, 0.15) is 25.0 Å². The summed E-state index contributed by atoms with van der Waals surface area (Å²) in [5.74, 6) is -5.63. The van der Waals surface area contributed by atoms with E-state index in [9.17, 15) is 58.2 Å². The molecular weight excluding hydrogens is 640 g/mol. The molecule has 6 amide bonds. The number of hydrogen-bond donors (Lipinski definition) is 6. The summed E-state index contributed by atoms with van der Waals surface area (Å²) < 4.78 is 2.14. The molecule has 20 nitrogen and oxygen atoms in total. The van der Waals surface area contributed by atoms with E-state index in [1.807, 2.05) is 0 Å². The topological polar surface area (TPSA) is 283 Å². The molecule has 5 heterocycles. The monoisotopic (exact) mass is 672 g/mol. The molecule has 2 aromatic heterocycles. The number of nitrogens with one attached hydrogen (secondary N) is 4. The maximum Gasteiger partial charge on any atom is 0.328 e. The van der Waals surface area contributed by atoms with Gasteiger partial charge in [-0.25, -0.2) is 19.2 Å². The van der Waals surface area contributed by atoms with E-state index in [0.29, 0.717) is 0 Å². The van der Waals surface area contributed by atoms with Crippen molar-refractivity contribution in [3.05, 3.63) is 65.2 Å². The van der Waals surface area contributed by atoms with Crippen molar-refractivity contribution in [3.8, 4) is 0 Å². The lowest BCUT2D eigenvalue weighted by atomic mass is 9.42. The minimum absolute atomic E-state index is 0.126. The zero-order chi connectivity index (χ0) is 35.6. The lowest BCUT2D eigenvalue weighted by molar-refractivity contribution is -0.209. The Morgan fingerprint density at radius 1 is 0.750 bits per heavy atom. The number of aromatic amines is 2. The fourth-order valence-corrected chi connectivity index (χ4v) is 6.98. The Morgan fingerprint density at radius 3 is 1.46 bits per heavy atom. The van der Waals surface area contributed by atoms with Crippen LogP contribution in [0.4, 0.5) is 9.59 Å². The number of aliphatic carboxylic acids is 2. The zero-order valence-corrected chi connectivity index (χ0v) is 26.1. The number of aryl methyl sites for hydroxylation is 2. The summed E-state index contributed by atoms with van der Waals surface area (Å²) in [4.78, 5) is 126. The molecule has 0 spiro atoms. The second-order valence-corrected chi connectivity index (χ2v) is 12.6. The molecule has 1 aliphatic carbocycles. The standard InChI is InChI=1S/2C14H16N4O6/c1-13-6-7-14(13,2)10(22)16-12(24)18(7)4-5(8(19)20)3-17(6)11(23)15-9(13)21;1-7-3-17(13(23)15-10(7)19)5-9(12(21)22)6-18-4-8(2)11(20)16-14(18)24/h5-7H,3-4H2,1-2H3,(H,19,20)(H,15,21,23)(H,16,22,24);3-4,9H,5-6H2,1-2H3,(H,21,22)(H,15,19,23)(H,16,20,24). The first-order valence-corrected chi connectivity index (χ1v) is 14.6. The molecule has 0 bridgehead atoms. The number of carboxylic acid groups (broad SMARTS) is 2. The van der Waals surface area contributed by atoms with Gasteiger partial charge in [0.15, 0.2) is 0 Å². The van der Waals surface area contributed by atoms with Crippen molar-refractivity contribution < 1.29 is 39.0 Å². The third-order valence-electron chi connectivity index (χ3n) is 9.88. The van der Waals surface area contributed by atoms with Crippen LogP contribution in [0.2, 0.25) is 0 Å². The van der Waals surface area contributed by atoms with Gasteiger partial charge in [-0.15, -0.1) is 0 Å². The number of carbonyl (C=O) groups is 6. The van der Waals surface area contributed by atoms with Crippen LogP contribution in [-0.4, -0.2) is 100 Å². The highest BCUT2D eigenvalue weighted by atomic mass is 16.4. The maximum absolute atomic E-state index is 12.5. The summed E-state index contributed by atoms with van der Waals surface area (Å²) in [6.45, 7) is 5.40. The molecule has 6 N–H and O–H groups in total. The summed E-state index contributed by atoms with van der Waals surface area (Å²) >= 11 is 0. The van der Waals surface area contributed by atoms with Gasteiger partial charge < -0.3 is 20.0 Å². The highest BCUT2D eigenvalue weighted by Crippen LogP contribution is 2.63. The summed E-state index contributed by atoms with van der Waals surface area (Å²) in [5, 5.41) is 23.2. The van der Waals surface area contributed by atoms with E-state index in [-0.39, 0.29) is 37.3 Å². The van der Waals surface area contributed by atoms with Gasteiger partial charge in [0.25, 0.3) is 11.1 Å². The normalized spacial score (nSPS) is 27.1. The number of fused-ring (bicyclic) bond motifs is 1. The van der Waals surface area contributed by atoms with E-state index in [4.69, 9.17) is 0 Å². The number of imide groups is 2. The minimum Gasteiger partial charge on any atom is -0.481 e. The number of hydrogen-bond acceptors (Lipinski definition) is 10. The van der Waals surface area contributed by atoms with E-state index in [1.54, 1.807) is 13.8 Å². The Kier molecular flexibility index (Phi) is 8.00. The first kappa shape index (κ1) is 33.5. The largest absolute Gasteiger partial charge is 0.481 e. The van der Waals surface area contributed by atoms with Gasteiger partial charge in [0, 0.05) is 49.7 Å². The smallest absolute Gasteiger partial charge is 0.328 e. The molecule has 4 unspecified atom stereocenters. The molecule has 48 heavy (non-hydrogen) atoms. The molecule has 4 fully saturated rings. The Labute approximate surface area is 268 Å². The van der Waals surface area contributed by atoms with E-state index in [0.717, 1.165) is 9.13 Å². The molecule has 2 aromatic rings. The van der Waals surface area contributed by atoms with Gasteiger partial charge >= 0.3 is 35.4 Å². The van der Waals surface area contributed by atoms with Crippen molar-refractivity contribution in [1.29, 1.82) is 0 Å². The van der Waals surface area contributed by atoms with Crippen molar-refractivity contribution in [3.63, 3.8) is 0 Å². The maximum atomic E-state index is 12.5. The molecule has 0 radical (unpaired) electrons. The number of urea groups is 2. The second-order valence-electron chi connectivity index (χ2n) is 12.6. The van der Waals surface area contributed by atoms with E-state index in [2.05, 4.69) is 20.6 Å². The zero-order valence-electron chi connectivity index (χ0n) is 26.1. The lowest BCUT2D eigenvalue weighted by Gasteiger charge is -2.70. The molecule has 256 valence electrons. The van der Waals surface area contributed by atoms with Crippen molar-refractivity contribution in [2.75, 3.05) is 13.1 Å². The molecule has 0 aromatic carbocycles. The lowest BCUT2D eigenvalue weighted by Crippen LogP contribution is -2.90. The van der Waals surface area contributed by atoms with Crippen molar-refractivity contribution in [1.82, 2.24) is 39.5 Å². The van der Waals surface area contributed by atoms with E-state index >= 15 is 0 Å². The van der Waals surface area contributed by atoms with Gasteiger partial charge in [-0.1, -0.05) is 0 Å². The average Bonchev–Trinajstić information content (AvgIpc) is 3.19. The van der Waals surface area contributed by atoms with Crippen molar-refractivity contribution >= 4 is 35.8 Å². The number of aromatic nitrogens is 4. The summed E-state index contributed by atoms with van der Waals surface area (Å²) in [5.41, 5.74) is -4.51. The fraction of sp³-hybridized carbons (Fsp3) is 0.500. The molecular formula is C28H32N8O12. The van der Waals surface area contributed by atoms with Crippen molar-refractivity contribution in [2.45, 2.75) is 52.9 Å². The van der Waals surface area contributed by atoms with Gasteiger partial charge in [0.05, 0.1) is 34.7 Å². The van der Waals surface area contributed by atoms with Gasteiger partial charge in [0.2, 0.25) is 11.8 Å². The minimum atomic E-state index is -1.23. The van der Waals surface area contributed by atoms with Crippen LogP contribution in [0.15, 0.2) is 31.6 Å². The summed E-state index contributed by atoms with van der Waals surface area (Å²) in [6.07, 6.45) is 2.52. The van der Waals surface area contributed by atoms with Gasteiger partial charge in [-0.2, -0.15) is 0 Å². The Morgan fingerprint density at radius 2 is 1.12 bits per heavy atom. The first-order valence-electron chi connectivity index (χ1n) is 14.6. The van der Waals surface area contributed by atoms with Crippen LogP contribution < -0.4 is 33.1 Å². The van der Waals surface area contributed by atoms with Crippen LogP contribution >= 0.6 is 0 Å². The van der Waals surface area contributed by atoms with Gasteiger partial charge in [-0.3, -0.25) is 58.5 Å². The van der Waals surface area contributed by atoms with Gasteiger partial charge in [0.1, 0.15) is 0 Å². The fourth-order valence-electron chi connectivity index (χ4n) is 6.98. The summed E-state index contributed by atoms with van der Waals surface area (Å²) in [6, 6.07) is -2.81. The molecule has 20 heteroatoms. The SMILES string of the molecule is CC12C(=O)NC(=O)N3CC(C(=O)O)CN4C(=O)NC(=O)C1(C)C4C32.Cc1cn(CC(Cn2cc(C)c(=O)[nH]c2=O)C(=O)O)c(=O)[nH]c1=O. The third-order valence-corrected chi connectivity index (χ3v) is 9.88. The number of rotatable bonds is 6. The van der Waals surface area contributed by atoms with E-state index < -0.39 is 93.1 Å². The van der Waals surface area contributed by atoms with Crippen molar-refractivity contribution in [2.24, 2.45) is 22.7 Å². The molecule has 3 aliphatic heterocycles. The van der Waals surface area contributed by atoms with E-state index in [1.165, 1.54) is 36.0 Å². The molecule has 1 saturated carbocycles. The number of H-pyrrole nitrogens is 2. The first-order chi connectivity index (χ1) is 22.3. The number of carbonyl (C=O) groups excluding carboxylic acids is 4. The number of carboxylic acids is 2. The number of amides is 6. The third kappa shape index (κ3) is 4.99. The number of nitrogens with zero attached hydrogens (tertiary/aromatic N) is 4. The van der Waals surface area contributed by atoms with Crippen LogP contribution in [0, 0.1) is 36.5 Å². The Bertz CT molecular complexity index is 1900. The molecule has 4 aliphatic rings. The molecule has 4 atom stereocenters. The Balaban J connectivity index is 0.000000188. The average molecular weight is 673 g/mol. The quantitative estimate of drug-likeness (QED) is 0.179. The molecule has 3 saturated heterocycles. The van der Waals surface area contributed by atoms with Gasteiger partial charge in [-0.05, 0) is 27.7 Å². The molecule has 6 rings (SSSR count). The van der Waals surface area contributed by atoms with Crippen LogP contribution in [0.5, 0.6) is 0 Å². The van der Waals surface area contributed by atoms with Crippen LogP contribution in [-0.2, 0) is 32.3 Å². The second kappa shape index (κ2) is 11.5. The highest BCUT2D eigenvalue weighted by molar-refractivity contribution is 6.11. The highest BCUT2D eigenvalue weighted by Gasteiger charge is 2.81. The van der Waals surface area contributed by atoms with Crippen LogP contribution in [0.3, 0.4) is 0 Å². The summed E-state index contributed by atoms with van der Waals surface area (Å²) in [7, 11) is 0.